The lowest BCUT2D eigenvalue weighted by molar-refractivity contribution is -0.166. The zero-order valence-corrected chi connectivity index (χ0v) is 19.0. The number of carboxylic acid groups (broad SMARTS) is 1. The number of fused-ring (bicyclic) bond motifs is 5. The molecule has 1 amide bonds. The second kappa shape index (κ2) is 9.59. The van der Waals surface area contributed by atoms with Gasteiger partial charge >= 0.3 is 17.9 Å². The van der Waals surface area contributed by atoms with Crippen LogP contribution in [0.4, 0.5) is 18.9 Å². The Morgan fingerprint density at radius 3 is 2.42 bits per heavy atom. The number of carboxylic acids is 1. The molecule has 2 aliphatic rings. The largest absolute Gasteiger partial charge is 0.480 e. The van der Waals surface area contributed by atoms with Gasteiger partial charge in [-0.1, -0.05) is 13.8 Å². The van der Waals surface area contributed by atoms with Crippen LogP contribution in [0.1, 0.15) is 31.1 Å². The number of halogens is 3. The summed E-state index contributed by atoms with van der Waals surface area (Å²) in [6.07, 6.45) is 1.04. The van der Waals surface area contributed by atoms with Gasteiger partial charge in [-0.15, -0.1) is 11.8 Å². The number of anilines is 1. The van der Waals surface area contributed by atoms with Crippen molar-refractivity contribution in [1.29, 1.82) is 0 Å². The highest BCUT2D eigenvalue weighted by Crippen LogP contribution is 2.46. The smallest absolute Gasteiger partial charge is 0.359 e. The molecule has 1 aromatic carbocycles. The monoisotopic (exact) mass is 491 g/mol. The lowest BCUT2D eigenvalue weighted by Crippen LogP contribution is -2.78. The Hall–Kier alpha value is -2.80. The molecule has 3 rings (SSSR count). The maximum absolute atomic E-state index is 15.5. The van der Waals surface area contributed by atoms with Gasteiger partial charge in [0.05, 0.1) is 5.69 Å². The van der Waals surface area contributed by atoms with E-state index in [1.165, 1.54) is 19.9 Å². The number of ether oxygens (including phenoxy) is 1. The second-order valence-electron chi connectivity index (χ2n) is 7.74. The van der Waals surface area contributed by atoms with Crippen LogP contribution >= 0.6 is 11.8 Å². The highest BCUT2D eigenvalue weighted by molar-refractivity contribution is 7.99. The van der Waals surface area contributed by atoms with E-state index in [1.807, 2.05) is 0 Å². The number of nitrogens with zero attached hydrogens (tertiary/aromatic N) is 1. The first-order chi connectivity index (χ1) is 15.2. The van der Waals surface area contributed by atoms with Crippen molar-refractivity contribution in [1.82, 2.24) is 5.32 Å². The predicted molar refractivity (Wildman–Crippen MR) is 114 cm³/mol. The number of ketones is 1. The van der Waals surface area contributed by atoms with Crippen molar-refractivity contribution >= 4 is 41.1 Å². The topological polar surface area (TPSA) is 139 Å². The number of carbonyl (C=O) groups is 4. The minimum absolute atomic E-state index is 0.0848. The lowest BCUT2D eigenvalue weighted by Gasteiger charge is -2.50. The number of nitrogens with one attached hydrogen (secondary N) is 1. The number of rotatable bonds is 9. The third-order valence-corrected chi connectivity index (χ3v) is 5.81. The molecule has 13 heteroatoms. The van der Waals surface area contributed by atoms with Crippen molar-refractivity contribution < 1.29 is 42.2 Å². The number of benzene rings is 1. The first kappa shape index (κ1) is 26.5. The maximum Gasteiger partial charge on any atom is 0.359 e. The van der Waals surface area contributed by atoms with Crippen LogP contribution in [0.25, 0.3) is 0 Å². The number of esters is 1. The standard InChI is InChI=1S/C20H24F3N3O6S/c1-9(2)15(16(30)25-8-14(28)29)26-13-6-5-11(7-12(13)10(3)27)32-18(31)20(26,24)19(22,23)17(21)33-4/h5-7,9,15,17H,8,24H2,1-4H3,(H,25,30)(H,28,29). The Balaban J connectivity index is 2.90. The van der Waals surface area contributed by atoms with E-state index in [2.05, 4.69) is 5.32 Å². The summed E-state index contributed by atoms with van der Waals surface area (Å²) in [5, 5.41) is 11.0. The first-order valence-electron chi connectivity index (χ1n) is 9.69. The molecule has 33 heavy (non-hydrogen) atoms. The van der Waals surface area contributed by atoms with Crippen molar-refractivity contribution in [2.45, 2.75) is 43.9 Å². The molecule has 0 aliphatic carbocycles. The van der Waals surface area contributed by atoms with E-state index >= 15 is 8.78 Å². The van der Waals surface area contributed by atoms with Gasteiger partial charge in [0.1, 0.15) is 18.3 Å². The van der Waals surface area contributed by atoms with Crippen LogP contribution in [-0.4, -0.2) is 64.7 Å². The molecule has 9 nitrogen and oxygen atoms in total. The minimum Gasteiger partial charge on any atom is -0.480 e. The van der Waals surface area contributed by atoms with Crippen LogP contribution in [0.3, 0.4) is 0 Å². The maximum atomic E-state index is 15.5. The Morgan fingerprint density at radius 1 is 1.33 bits per heavy atom. The van der Waals surface area contributed by atoms with Crippen molar-refractivity contribution in [2.24, 2.45) is 11.7 Å². The van der Waals surface area contributed by atoms with E-state index in [1.54, 1.807) is 0 Å². The molecule has 0 radical (unpaired) electrons. The zero-order chi connectivity index (χ0) is 25.3. The number of nitrogens with two attached hydrogens (primary N) is 1. The van der Waals surface area contributed by atoms with Gasteiger partial charge in [0.2, 0.25) is 11.4 Å². The third-order valence-electron chi connectivity index (χ3n) is 5.10. The molecule has 0 aromatic heterocycles. The molecule has 3 atom stereocenters. The number of carbonyl (C=O) groups excluding carboxylic acids is 3. The SMILES string of the molecule is CSC(F)C(F)(F)C1(N)C(=O)Oc2ccc(c(C(C)=O)c2)N1C(C(=O)NCC(=O)O)C(C)C. The summed E-state index contributed by atoms with van der Waals surface area (Å²) in [5.74, 6) is -10.6. The first-order valence-corrected chi connectivity index (χ1v) is 11.0. The summed E-state index contributed by atoms with van der Waals surface area (Å²) in [7, 11) is 0. The average Bonchev–Trinajstić information content (AvgIpc) is 2.73. The molecule has 4 N–H and O–H groups in total. The van der Waals surface area contributed by atoms with Crippen LogP contribution in [0.15, 0.2) is 18.2 Å². The van der Waals surface area contributed by atoms with Crippen LogP contribution in [-0.2, 0) is 14.4 Å². The van der Waals surface area contributed by atoms with Gasteiger partial charge in [0.25, 0.3) is 5.66 Å². The van der Waals surface area contributed by atoms with E-state index in [0.29, 0.717) is 4.90 Å². The fraction of sp³-hybridized carbons (Fsp3) is 0.500. The van der Waals surface area contributed by atoms with Crippen molar-refractivity contribution in [3.63, 3.8) is 0 Å². The molecular formula is C20H24F3N3O6S. The van der Waals surface area contributed by atoms with Gasteiger partial charge < -0.3 is 20.1 Å². The lowest BCUT2D eigenvalue weighted by atomic mass is 9.90. The molecule has 2 heterocycles. The summed E-state index contributed by atoms with van der Waals surface area (Å²) in [6.45, 7) is 3.12. The quantitative estimate of drug-likeness (QED) is 0.268. The molecule has 3 unspecified atom stereocenters. The van der Waals surface area contributed by atoms with Gasteiger partial charge in [-0.25, -0.2) is 9.18 Å². The fourth-order valence-corrected chi connectivity index (χ4v) is 3.99. The van der Waals surface area contributed by atoms with E-state index in [4.69, 9.17) is 15.6 Å². The van der Waals surface area contributed by atoms with Crippen molar-refractivity contribution in [3.05, 3.63) is 23.8 Å². The molecule has 0 saturated carbocycles. The Morgan fingerprint density at radius 2 is 1.94 bits per heavy atom. The van der Waals surface area contributed by atoms with Crippen LogP contribution in [0.5, 0.6) is 5.75 Å². The molecule has 0 saturated heterocycles. The van der Waals surface area contributed by atoms with Crippen LogP contribution in [0, 0.1) is 5.92 Å². The summed E-state index contributed by atoms with van der Waals surface area (Å²) in [4.78, 5) is 49.7. The van der Waals surface area contributed by atoms with Gasteiger partial charge in [0, 0.05) is 5.56 Å². The second-order valence-corrected chi connectivity index (χ2v) is 8.62. The summed E-state index contributed by atoms with van der Waals surface area (Å²) in [6, 6.07) is 1.76. The molecule has 2 aliphatic heterocycles. The van der Waals surface area contributed by atoms with Crippen LogP contribution in [0.2, 0.25) is 0 Å². The Kier molecular flexibility index (Phi) is 7.69. The summed E-state index contributed by atoms with van der Waals surface area (Å²) >= 11 is 0.0848. The molecule has 0 spiro atoms. The minimum atomic E-state index is -4.62. The highest BCUT2D eigenvalue weighted by Gasteiger charge is 2.68. The Labute approximate surface area is 191 Å². The number of hydrogen-bond acceptors (Lipinski definition) is 8. The number of Topliss-reactive ketones (excluding diaryl/α,β-unsaturated/α-hetero) is 1. The molecule has 182 valence electrons. The van der Waals surface area contributed by atoms with Crippen LogP contribution < -0.4 is 20.7 Å². The molecule has 1 aromatic rings. The zero-order valence-electron chi connectivity index (χ0n) is 18.2. The van der Waals surface area contributed by atoms with E-state index in [0.717, 1.165) is 25.3 Å². The number of hydrogen-bond donors (Lipinski definition) is 3. The van der Waals surface area contributed by atoms with Gasteiger partial charge in [0.15, 0.2) is 5.78 Å². The van der Waals surface area contributed by atoms with E-state index in [-0.39, 0.29) is 28.8 Å². The van der Waals surface area contributed by atoms with E-state index < -0.39 is 59.2 Å². The van der Waals surface area contributed by atoms with E-state index in [9.17, 15) is 23.6 Å². The molecule has 2 bridgehead atoms. The number of alkyl halides is 3. The molecule has 0 fully saturated rings. The number of thioether (sulfide) groups is 1. The number of aliphatic carboxylic acids is 1. The van der Waals surface area contributed by atoms with Gasteiger partial charge in [-0.3, -0.25) is 20.1 Å². The van der Waals surface area contributed by atoms with Gasteiger partial charge in [-0.05, 0) is 37.3 Å². The summed E-state index contributed by atoms with van der Waals surface area (Å²) in [5.41, 5.74) is -1.11. The Bertz CT molecular complexity index is 976. The number of amides is 1. The fourth-order valence-electron chi connectivity index (χ4n) is 3.52. The van der Waals surface area contributed by atoms with Crippen molar-refractivity contribution in [3.8, 4) is 5.75 Å². The van der Waals surface area contributed by atoms with Crippen molar-refractivity contribution in [2.75, 3.05) is 17.7 Å². The normalized spacial score (nSPS) is 20.0. The predicted octanol–water partition coefficient (Wildman–Crippen LogP) is 1.79. The van der Waals surface area contributed by atoms with Gasteiger partial charge in [-0.2, -0.15) is 8.78 Å². The third kappa shape index (κ3) is 4.64. The molecular weight excluding hydrogens is 467 g/mol. The highest BCUT2D eigenvalue weighted by atomic mass is 32.2. The average molecular weight is 491 g/mol. The summed E-state index contributed by atoms with van der Waals surface area (Å²) < 4.78 is 50.6.